The number of aromatic nitrogens is 2. The van der Waals surface area contributed by atoms with Gasteiger partial charge in [0.05, 0.1) is 10.6 Å². The normalized spacial score (nSPS) is 11.1. The predicted octanol–water partition coefficient (Wildman–Crippen LogP) is 5.45. The Kier molecular flexibility index (Phi) is 4.24. The smallest absolute Gasteiger partial charge is 0.257 e. The minimum absolute atomic E-state index is 0.274. The molecule has 0 spiro atoms. The van der Waals surface area contributed by atoms with Gasteiger partial charge in [-0.15, -0.1) is 0 Å². The van der Waals surface area contributed by atoms with E-state index < -0.39 is 0 Å². The number of rotatable bonds is 3. The Morgan fingerprint density at radius 3 is 2.52 bits per heavy atom. The number of nitrogens with one attached hydrogen (secondary N) is 1. The molecule has 2 aromatic carbocycles. The second-order valence-corrected chi connectivity index (χ2v) is 6.89. The van der Waals surface area contributed by atoms with Gasteiger partial charge in [0.1, 0.15) is 5.52 Å². The average Bonchev–Trinajstić information content (AvgIpc) is 3.16. The Labute approximate surface area is 161 Å². The van der Waals surface area contributed by atoms with E-state index in [0.29, 0.717) is 33.3 Å². The molecule has 1 N–H and O–H groups in total. The minimum Gasteiger partial charge on any atom is -0.441 e. The third kappa shape index (κ3) is 3.22. The molecule has 0 radical (unpaired) electrons. The predicted molar refractivity (Wildman–Crippen MR) is 107 cm³/mol. The van der Waals surface area contributed by atoms with Gasteiger partial charge >= 0.3 is 0 Å². The van der Waals surface area contributed by atoms with Crippen LogP contribution in [0.3, 0.4) is 0 Å². The van der Waals surface area contributed by atoms with E-state index in [4.69, 9.17) is 16.0 Å². The number of fused-ring (bicyclic) bond motifs is 1. The lowest BCUT2D eigenvalue weighted by atomic mass is 10.1. The van der Waals surface area contributed by atoms with Crippen molar-refractivity contribution in [2.24, 2.45) is 0 Å². The zero-order valence-electron chi connectivity index (χ0n) is 15.2. The van der Waals surface area contributed by atoms with Gasteiger partial charge in [0.15, 0.2) is 11.5 Å². The van der Waals surface area contributed by atoms with Crippen LogP contribution in [0.25, 0.3) is 16.8 Å². The lowest BCUT2D eigenvalue weighted by Crippen LogP contribution is -2.13. The van der Waals surface area contributed by atoms with Gasteiger partial charge < -0.3 is 14.3 Å². The fraction of sp³-hybridized carbons (Fsp3) is 0.143. The van der Waals surface area contributed by atoms with Crippen molar-refractivity contribution in [3.05, 3.63) is 76.4 Å². The summed E-state index contributed by atoms with van der Waals surface area (Å²) in [6.45, 7) is 5.84. The topological polar surface area (TPSA) is 60.1 Å². The first-order valence-corrected chi connectivity index (χ1v) is 8.93. The summed E-state index contributed by atoms with van der Waals surface area (Å²) in [4.78, 5) is 17.1. The number of anilines is 1. The molecular weight excluding hydrogens is 362 g/mol. The summed E-state index contributed by atoms with van der Waals surface area (Å²) in [5.74, 6) is 0.311. The van der Waals surface area contributed by atoms with E-state index >= 15 is 0 Å². The molecule has 136 valence electrons. The summed E-state index contributed by atoms with van der Waals surface area (Å²) in [5.41, 5.74) is 5.51. The SMILES string of the molecule is Cc1nc2cc(NC(=O)c3cc(-n4c(C)ccc4C)ccc3Cl)ccc2o1. The molecule has 0 aliphatic carbocycles. The highest BCUT2D eigenvalue weighted by molar-refractivity contribution is 6.34. The van der Waals surface area contributed by atoms with Crippen molar-refractivity contribution in [2.75, 3.05) is 5.32 Å². The van der Waals surface area contributed by atoms with Crippen LogP contribution in [-0.4, -0.2) is 15.5 Å². The summed E-state index contributed by atoms with van der Waals surface area (Å²) < 4.78 is 7.54. The number of amides is 1. The van der Waals surface area contributed by atoms with Crippen LogP contribution in [0.15, 0.2) is 52.9 Å². The maximum atomic E-state index is 12.8. The number of nitrogens with zero attached hydrogens (tertiary/aromatic N) is 2. The zero-order chi connectivity index (χ0) is 19.1. The lowest BCUT2D eigenvalue weighted by molar-refractivity contribution is 0.102. The van der Waals surface area contributed by atoms with Crippen LogP contribution in [0.2, 0.25) is 5.02 Å². The molecule has 27 heavy (non-hydrogen) atoms. The first-order valence-electron chi connectivity index (χ1n) is 8.56. The molecule has 1 amide bonds. The molecule has 0 aliphatic rings. The maximum absolute atomic E-state index is 12.8. The molecule has 4 rings (SSSR count). The number of hydrogen-bond acceptors (Lipinski definition) is 3. The molecule has 0 unspecified atom stereocenters. The molecular formula is C21H18ClN3O2. The fourth-order valence-electron chi connectivity index (χ4n) is 3.22. The van der Waals surface area contributed by atoms with Crippen molar-refractivity contribution in [1.82, 2.24) is 9.55 Å². The monoisotopic (exact) mass is 379 g/mol. The average molecular weight is 380 g/mol. The maximum Gasteiger partial charge on any atom is 0.257 e. The third-order valence-corrected chi connectivity index (χ3v) is 4.81. The van der Waals surface area contributed by atoms with E-state index in [1.165, 1.54) is 0 Å². The van der Waals surface area contributed by atoms with Crippen molar-refractivity contribution in [3.63, 3.8) is 0 Å². The fourth-order valence-corrected chi connectivity index (χ4v) is 3.42. The molecule has 0 atom stereocenters. The largest absolute Gasteiger partial charge is 0.441 e. The van der Waals surface area contributed by atoms with Gasteiger partial charge in [0.2, 0.25) is 0 Å². The Bertz CT molecular complexity index is 1150. The van der Waals surface area contributed by atoms with Gasteiger partial charge in [0, 0.05) is 29.7 Å². The van der Waals surface area contributed by atoms with E-state index in [0.717, 1.165) is 17.1 Å². The van der Waals surface area contributed by atoms with E-state index in [9.17, 15) is 4.79 Å². The second kappa shape index (κ2) is 6.59. The van der Waals surface area contributed by atoms with E-state index in [2.05, 4.69) is 14.9 Å². The van der Waals surface area contributed by atoms with Crippen molar-refractivity contribution in [2.45, 2.75) is 20.8 Å². The number of benzene rings is 2. The summed E-state index contributed by atoms with van der Waals surface area (Å²) in [7, 11) is 0. The number of halogens is 1. The highest BCUT2D eigenvalue weighted by atomic mass is 35.5. The standard InChI is InChI=1S/C21H18ClN3O2/c1-12-4-5-13(2)25(12)16-7-8-18(22)17(11-16)21(26)24-15-6-9-20-19(10-15)23-14(3)27-20/h4-11H,1-3H3,(H,24,26). The first-order chi connectivity index (χ1) is 12.9. The Morgan fingerprint density at radius 1 is 1.04 bits per heavy atom. The van der Waals surface area contributed by atoms with Crippen LogP contribution in [0.1, 0.15) is 27.6 Å². The number of aryl methyl sites for hydroxylation is 3. The van der Waals surface area contributed by atoms with Gasteiger partial charge in [-0.1, -0.05) is 11.6 Å². The lowest BCUT2D eigenvalue weighted by Gasteiger charge is -2.13. The van der Waals surface area contributed by atoms with E-state index in [1.807, 2.05) is 32.0 Å². The number of oxazole rings is 1. The zero-order valence-corrected chi connectivity index (χ0v) is 16.0. The van der Waals surface area contributed by atoms with Crippen LogP contribution < -0.4 is 5.32 Å². The van der Waals surface area contributed by atoms with Gasteiger partial charge in [0.25, 0.3) is 5.91 Å². The molecule has 2 aromatic heterocycles. The highest BCUT2D eigenvalue weighted by Crippen LogP contribution is 2.25. The first kappa shape index (κ1) is 17.4. The van der Waals surface area contributed by atoms with Crippen LogP contribution >= 0.6 is 11.6 Å². The van der Waals surface area contributed by atoms with Gasteiger partial charge in [-0.3, -0.25) is 4.79 Å². The summed E-state index contributed by atoms with van der Waals surface area (Å²) >= 11 is 6.30. The van der Waals surface area contributed by atoms with Crippen LogP contribution in [-0.2, 0) is 0 Å². The van der Waals surface area contributed by atoms with E-state index in [-0.39, 0.29) is 5.91 Å². The quantitative estimate of drug-likeness (QED) is 0.515. The molecule has 0 saturated heterocycles. The molecule has 0 saturated carbocycles. The highest BCUT2D eigenvalue weighted by Gasteiger charge is 2.14. The van der Waals surface area contributed by atoms with Gasteiger partial charge in [-0.05, 0) is 62.4 Å². The molecule has 4 aromatic rings. The molecule has 5 nitrogen and oxygen atoms in total. The second-order valence-electron chi connectivity index (χ2n) is 6.49. The van der Waals surface area contributed by atoms with Gasteiger partial charge in [-0.25, -0.2) is 4.98 Å². The molecule has 0 fully saturated rings. The van der Waals surface area contributed by atoms with Crippen LogP contribution in [0, 0.1) is 20.8 Å². The van der Waals surface area contributed by atoms with Crippen LogP contribution in [0.5, 0.6) is 0 Å². The van der Waals surface area contributed by atoms with Crippen molar-refractivity contribution in [3.8, 4) is 5.69 Å². The summed E-state index contributed by atoms with van der Waals surface area (Å²) in [6, 6.07) is 14.9. The Hall–Kier alpha value is -3.05. The Balaban J connectivity index is 1.67. The summed E-state index contributed by atoms with van der Waals surface area (Å²) in [5, 5.41) is 3.29. The van der Waals surface area contributed by atoms with Crippen molar-refractivity contribution < 1.29 is 9.21 Å². The molecule has 0 bridgehead atoms. The minimum atomic E-state index is -0.274. The van der Waals surface area contributed by atoms with E-state index in [1.54, 1.807) is 37.3 Å². The molecule has 6 heteroatoms. The van der Waals surface area contributed by atoms with Crippen molar-refractivity contribution >= 4 is 34.3 Å². The molecule has 0 aliphatic heterocycles. The van der Waals surface area contributed by atoms with Crippen molar-refractivity contribution in [1.29, 1.82) is 0 Å². The number of hydrogen-bond donors (Lipinski definition) is 1. The molecule has 2 heterocycles. The summed E-state index contributed by atoms with van der Waals surface area (Å²) in [6.07, 6.45) is 0. The number of carbonyl (C=O) groups excluding carboxylic acids is 1. The Morgan fingerprint density at radius 2 is 1.78 bits per heavy atom. The number of carbonyl (C=O) groups is 1. The van der Waals surface area contributed by atoms with Gasteiger partial charge in [-0.2, -0.15) is 0 Å². The van der Waals surface area contributed by atoms with Crippen LogP contribution in [0.4, 0.5) is 5.69 Å². The third-order valence-electron chi connectivity index (χ3n) is 4.48.